The molecule has 0 heterocycles. The van der Waals surface area contributed by atoms with Crippen LogP contribution in [0.4, 0.5) is 0 Å². The smallest absolute Gasteiger partial charge is 0.187 e. The number of benzene rings is 2. The van der Waals surface area contributed by atoms with Gasteiger partial charge in [0.2, 0.25) is 0 Å². The molecule has 0 aromatic heterocycles. The standard InChI is InChI=1S/C19H23N3OS/c1-2-3-12-23-18-11-7-10-17(13-18)15-21-22-19(24)20-14-16-8-5-4-6-9-16/h4-11,13,15H,2-3,12,14H2,1H3,(H2,20,22,24)/b21-15+. The molecule has 2 aromatic rings. The van der Waals surface area contributed by atoms with Gasteiger partial charge in [-0.3, -0.25) is 5.43 Å². The highest BCUT2D eigenvalue weighted by Gasteiger charge is 1.96. The highest BCUT2D eigenvalue weighted by Crippen LogP contribution is 2.12. The van der Waals surface area contributed by atoms with Gasteiger partial charge in [-0.15, -0.1) is 0 Å². The first-order chi connectivity index (χ1) is 11.8. The maximum Gasteiger partial charge on any atom is 0.187 e. The van der Waals surface area contributed by atoms with Gasteiger partial charge in [-0.05, 0) is 41.9 Å². The maximum atomic E-state index is 5.68. The topological polar surface area (TPSA) is 45.6 Å². The van der Waals surface area contributed by atoms with Gasteiger partial charge >= 0.3 is 0 Å². The van der Waals surface area contributed by atoms with Crippen LogP contribution in [0.25, 0.3) is 0 Å². The van der Waals surface area contributed by atoms with Crippen LogP contribution >= 0.6 is 12.2 Å². The van der Waals surface area contributed by atoms with Gasteiger partial charge < -0.3 is 10.1 Å². The summed E-state index contributed by atoms with van der Waals surface area (Å²) in [5.41, 5.74) is 4.95. The van der Waals surface area contributed by atoms with E-state index in [4.69, 9.17) is 17.0 Å². The van der Waals surface area contributed by atoms with Gasteiger partial charge in [-0.25, -0.2) is 0 Å². The minimum absolute atomic E-state index is 0.491. The fourth-order valence-electron chi connectivity index (χ4n) is 2.00. The number of unbranched alkanes of at least 4 members (excludes halogenated alkanes) is 1. The summed E-state index contributed by atoms with van der Waals surface area (Å²) < 4.78 is 5.68. The summed E-state index contributed by atoms with van der Waals surface area (Å²) in [7, 11) is 0. The molecule has 0 atom stereocenters. The maximum absolute atomic E-state index is 5.68. The monoisotopic (exact) mass is 341 g/mol. The van der Waals surface area contributed by atoms with Crippen molar-refractivity contribution in [3.05, 3.63) is 65.7 Å². The molecule has 5 heteroatoms. The summed E-state index contributed by atoms with van der Waals surface area (Å²) in [4.78, 5) is 0. The van der Waals surface area contributed by atoms with Crippen LogP contribution < -0.4 is 15.5 Å². The molecule has 2 aromatic carbocycles. The lowest BCUT2D eigenvalue weighted by Crippen LogP contribution is -2.31. The molecular weight excluding hydrogens is 318 g/mol. The fraction of sp³-hybridized carbons (Fsp3) is 0.263. The van der Waals surface area contributed by atoms with Crippen LogP contribution in [0, 0.1) is 0 Å². The van der Waals surface area contributed by atoms with Crippen LogP contribution in [0.15, 0.2) is 59.7 Å². The van der Waals surface area contributed by atoms with E-state index in [1.165, 1.54) is 5.56 Å². The van der Waals surface area contributed by atoms with Crippen LogP contribution in [-0.4, -0.2) is 17.9 Å². The predicted molar refractivity (Wildman–Crippen MR) is 103 cm³/mol. The molecule has 126 valence electrons. The SMILES string of the molecule is CCCCOc1cccc(/C=N/NC(=S)NCc2ccccc2)c1. The molecule has 4 nitrogen and oxygen atoms in total. The summed E-state index contributed by atoms with van der Waals surface area (Å²) in [6.45, 7) is 3.55. The van der Waals surface area contributed by atoms with E-state index in [-0.39, 0.29) is 0 Å². The normalized spacial score (nSPS) is 10.5. The van der Waals surface area contributed by atoms with Crippen molar-refractivity contribution in [3.63, 3.8) is 0 Å². The molecule has 2 N–H and O–H groups in total. The number of thiocarbonyl (C=S) groups is 1. The van der Waals surface area contributed by atoms with E-state index in [9.17, 15) is 0 Å². The Morgan fingerprint density at radius 3 is 2.79 bits per heavy atom. The molecule has 0 amide bonds. The van der Waals surface area contributed by atoms with E-state index in [1.807, 2.05) is 54.6 Å². The summed E-state index contributed by atoms with van der Waals surface area (Å²) in [6.07, 6.45) is 3.91. The van der Waals surface area contributed by atoms with Crippen molar-refractivity contribution in [3.8, 4) is 5.75 Å². The predicted octanol–water partition coefficient (Wildman–Crippen LogP) is 3.86. The average Bonchev–Trinajstić information content (AvgIpc) is 2.61. The van der Waals surface area contributed by atoms with Gasteiger partial charge in [-0.1, -0.05) is 55.8 Å². The average molecular weight is 341 g/mol. The van der Waals surface area contributed by atoms with E-state index < -0.39 is 0 Å². The molecule has 0 saturated carbocycles. The van der Waals surface area contributed by atoms with Gasteiger partial charge in [0.05, 0.1) is 12.8 Å². The van der Waals surface area contributed by atoms with Gasteiger partial charge in [0, 0.05) is 6.54 Å². The van der Waals surface area contributed by atoms with Gasteiger partial charge in [-0.2, -0.15) is 5.10 Å². The largest absolute Gasteiger partial charge is 0.494 e. The summed E-state index contributed by atoms with van der Waals surface area (Å²) in [5, 5.41) is 7.76. The van der Waals surface area contributed by atoms with Crippen molar-refractivity contribution in [2.24, 2.45) is 5.10 Å². The quantitative estimate of drug-likeness (QED) is 0.331. The van der Waals surface area contributed by atoms with Gasteiger partial charge in [0.15, 0.2) is 5.11 Å². The van der Waals surface area contributed by atoms with Crippen molar-refractivity contribution < 1.29 is 4.74 Å². The van der Waals surface area contributed by atoms with Crippen molar-refractivity contribution in [1.29, 1.82) is 0 Å². The molecule has 24 heavy (non-hydrogen) atoms. The van der Waals surface area contributed by atoms with E-state index in [0.29, 0.717) is 11.7 Å². The Balaban J connectivity index is 1.76. The summed E-state index contributed by atoms with van der Waals surface area (Å²) in [5.74, 6) is 0.858. The number of hydrogen-bond acceptors (Lipinski definition) is 3. The molecule has 0 bridgehead atoms. The number of hydrazone groups is 1. The lowest BCUT2D eigenvalue weighted by molar-refractivity contribution is 0.309. The Labute approximate surface area is 148 Å². The second kappa shape index (κ2) is 10.4. The summed E-state index contributed by atoms with van der Waals surface area (Å²) >= 11 is 5.20. The molecule has 0 unspecified atom stereocenters. The highest BCUT2D eigenvalue weighted by molar-refractivity contribution is 7.80. The van der Waals surface area contributed by atoms with E-state index >= 15 is 0 Å². The number of ether oxygens (including phenoxy) is 1. The zero-order valence-electron chi connectivity index (χ0n) is 13.9. The first-order valence-electron chi connectivity index (χ1n) is 8.11. The third-order valence-corrected chi connectivity index (χ3v) is 3.54. The van der Waals surface area contributed by atoms with Crippen LogP contribution in [0.1, 0.15) is 30.9 Å². The third kappa shape index (κ3) is 6.79. The van der Waals surface area contributed by atoms with E-state index in [0.717, 1.165) is 30.8 Å². The second-order valence-corrected chi connectivity index (χ2v) is 5.72. The molecule has 0 aliphatic carbocycles. The van der Waals surface area contributed by atoms with Crippen molar-refractivity contribution >= 4 is 23.5 Å². The first kappa shape index (κ1) is 17.9. The van der Waals surface area contributed by atoms with Crippen molar-refractivity contribution in [1.82, 2.24) is 10.7 Å². The fourth-order valence-corrected chi connectivity index (χ4v) is 2.13. The number of rotatable bonds is 8. The van der Waals surface area contributed by atoms with Crippen molar-refractivity contribution in [2.45, 2.75) is 26.3 Å². The molecule has 0 aliphatic heterocycles. The Hall–Kier alpha value is -2.40. The highest BCUT2D eigenvalue weighted by atomic mass is 32.1. The number of nitrogens with zero attached hydrogens (tertiary/aromatic N) is 1. The molecule has 0 aliphatic rings. The molecule has 0 saturated heterocycles. The van der Waals surface area contributed by atoms with E-state index in [1.54, 1.807) is 6.21 Å². The Morgan fingerprint density at radius 2 is 2.00 bits per heavy atom. The minimum Gasteiger partial charge on any atom is -0.494 e. The molecule has 0 radical (unpaired) electrons. The third-order valence-electron chi connectivity index (χ3n) is 3.30. The summed E-state index contributed by atoms with van der Waals surface area (Å²) in [6, 6.07) is 17.9. The molecule has 0 spiro atoms. The lowest BCUT2D eigenvalue weighted by atomic mass is 10.2. The first-order valence-corrected chi connectivity index (χ1v) is 8.52. The minimum atomic E-state index is 0.491. The zero-order chi connectivity index (χ0) is 17.0. The Morgan fingerprint density at radius 1 is 1.17 bits per heavy atom. The molecule has 0 fully saturated rings. The molecular formula is C19H23N3OS. The van der Waals surface area contributed by atoms with Crippen LogP contribution in [0.3, 0.4) is 0 Å². The van der Waals surface area contributed by atoms with Gasteiger partial charge in [0.25, 0.3) is 0 Å². The van der Waals surface area contributed by atoms with Crippen LogP contribution in [0.5, 0.6) is 5.75 Å². The number of hydrogen-bond donors (Lipinski definition) is 2. The Kier molecular flexibility index (Phi) is 7.77. The molecule has 2 rings (SSSR count). The lowest BCUT2D eigenvalue weighted by Gasteiger charge is -2.07. The zero-order valence-corrected chi connectivity index (χ0v) is 14.7. The van der Waals surface area contributed by atoms with Crippen LogP contribution in [0.2, 0.25) is 0 Å². The van der Waals surface area contributed by atoms with E-state index in [2.05, 4.69) is 22.8 Å². The Bertz CT molecular complexity index is 659. The number of nitrogens with one attached hydrogen (secondary N) is 2. The van der Waals surface area contributed by atoms with Gasteiger partial charge in [0.1, 0.15) is 5.75 Å². The van der Waals surface area contributed by atoms with Crippen LogP contribution in [-0.2, 0) is 6.54 Å². The second-order valence-electron chi connectivity index (χ2n) is 5.31. The van der Waals surface area contributed by atoms with Crippen molar-refractivity contribution in [2.75, 3.05) is 6.61 Å².